The van der Waals surface area contributed by atoms with Crippen LogP contribution in [0.2, 0.25) is 0 Å². The lowest BCUT2D eigenvalue weighted by Crippen LogP contribution is -2.52. The molecule has 5 heterocycles. The number of fused-ring (bicyclic) bond motifs is 1. The Morgan fingerprint density at radius 2 is 1.63 bits per heavy atom. The number of anilines is 6. The fourth-order valence-corrected chi connectivity index (χ4v) is 7.14. The lowest BCUT2D eigenvalue weighted by molar-refractivity contribution is 0.0981. The Morgan fingerprint density at radius 1 is 0.918 bits per heavy atom. The zero-order valence-electron chi connectivity index (χ0n) is 29.3. The predicted octanol–water partition coefficient (Wildman–Crippen LogP) is 4.05. The molecule has 0 radical (unpaired) electrons. The van der Waals surface area contributed by atoms with Crippen molar-refractivity contribution in [3.8, 4) is 5.88 Å². The van der Waals surface area contributed by atoms with Crippen LogP contribution >= 0.6 is 0 Å². The summed E-state index contributed by atoms with van der Waals surface area (Å²) in [7, 11) is 1.72. The molecule has 0 atom stereocenters. The van der Waals surface area contributed by atoms with Crippen molar-refractivity contribution in [2.45, 2.75) is 45.6 Å². The molecule has 2 N–H and O–H groups in total. The van der Waals surface area contributed by atoms with Gasteiger partial charge < -0.3 is 25.2 Å². The first-order valence-corrected chi connectivity index (χ1v) is 18.8. The molecule has 3 aromatic heterocycles. The molecular weight excluding hydrogens is 643 g/mol. The van der Waals surface area contributed by atoms with Crippen molar-refractivity contribution >= 4 is 55.7 Å². The Hall–Kier alpha value is -4.34. The van der Waals surface area contributed by atoms with E-state index >= 15 is 0 Å². The molecule has 0 aliphatic carbocycles. The fraction of sp³-hybridized carbons (Fsp3) is 0.500. The number of benzene rings is 1. The van der Waals surface area contributed by atoms with Crippen LogP contribution in [0.3, 0.4) is 0 Å². The number of methoxy groups -OCH3 is 1. The lowest BCUT2D eigenvalue weighted by atomic mass is 10.0. The summed E-state index contributed by atoms with van der Waals surface area (Å²) in [5.41, 5.74) is 4.58. The molecule has 0 unspecified atom stereocenters. The Labute approximate surface area is 289 Å². The van der Waals surface area contributed by atoms with Gasteiger partial charge in [-0.3, -0.25) is 19.2 Å². The minimum absolute atomic E-state index is 0.348. The van der Waals surface area contributed by atoms with Gasteiger partial charge in [0.1, 0.15) is 28.5 Å². The monoisotopic (exact) mass is 689 g/mol. The topological polar surface area (TPSA) is 145 Å². The minimum Gasteiger partial charge on any atom is -0.479 e. The van der Waals surface area contributed by atoms with Gasteiger partial charge in [-0.2, -0.15) is 9.97 Å². The highest BCUT2D eigenvalue weighted by molar-refractivity contribution is 7.92. The number of piperidine rings is 1. The summed E-state index contributed by atoms with van der Waals surface area (Å²) in [6, 6.07) is 6.29. The molecule has 2 fully saturated rings. The Balaban J connectivity index is 1.26. The Bertz CT molecular complexity index is 1890. The summed E-state index contributed by atoms with van der Waals surface area (Å²) in [5.74, 6) is 2.32. The molecule has 15 heteroatoms. The van der Waals surface area contributed by atoms with E-state index in [9.17, 15) is 8.42 Å². The first-order chi connectivity index (χ1) is 23.6. The molecule has 1 aromatic carbocycles. The van der Waals surface area contributed by atoms with Crippen LogP contribution in [0.5, 0.6) is 5.88 Å². The predicted molar refractivity (Wildman–Crippen MR) is 195 cm³/mol. The third-order valence-electron chi connectivity index (χ3n) is 9.61. The third-order valence-corrected chi connectivity index (χ3v) is 10.8. The number of nitrogens with one attached hydrogen (secondary N) is 2. The van der Waals surface area contributed by atoms with E-state index in [1.165, 1.54) is 11.4 Å². The average molecular weight is 690 g/mol. The zero-order valence-corrected chi connectivity index (χ0v) is 30.1. The van der Waals surface area contributed by atoms with Crippen LogP contribution in [-0.2, 0) is 22.9 Å². The number of aryl methyl sites for hydroxylation is 2. The number of pyridine rings is 1. The van der Waals surface area contributed by atoms with Crippen LogP contribution < -0.4 is 24.6 Å². The van der Waals surface area contributed by atoms with Crippen molar-refractivity contribution in [3.63, 3.8) is 0 Å². The molecule has 2 aliphatic rings. The number of ether oxygens (including phenoxy) is 1. The first kappa shape index (κ1) is 34.5. The van der Waals surface area contributed by atoms with Gasteiger partial charge >= 0.3 is 0 Å². The van der Waals surface area contributed by atoms with Gasteiger partial charge in [0.25, 0.3) is 0 Å². The van der Waals surface area contributed by atoms with Gasteiger partial charge in [-0.05, 0) is 56.5 Å². The standard InChI is InChI=1S/C34H47N11O3S/c1-7-23-21-28(33(48-5)41-32(23)45-15-11-25(12-16-45)44-19-17-42(3)18-20-44)39-34-37-22-24(8-2)31(40-34)38-27-10-9-26-29(36-14-13-35-26)30(27)43(4)49(6,46)47/h9-10,13-14,21-22,25H,7-8,11-12,15-20H2,1-6H3,(H2,37,38,39,40). The quantitative estimate of drug-likeness (QED) is 0.234. The van der Waals surface area contributed by atoms with Gasteiger partial charge in [0.2, 0.25) is 21.9 Å². The molecule has 0 bridgehead atoms. The maximum Gasteiger partial charge on any atom is 0.239 e. The van der Waals surface area contributed by atoms with Crippen molar-refractivity contribution in [3.05, 3.63) is 47.9 Å². The van der Waals surface area contributed by atoms with E-state index in [4.69, 9.17) is 14.7 Å². The molecule has 0 amide bonds. The fourth-order valence-electron chi connectivity index (χ4n) is 6.63. The normalized spacial score (nSPS) is 16.6. The number of aromatic nitrogens is 5. The molecule has 262 valence electrons. The van der Waals surface area contributed by atoms with Crippen molar-refractivity contribution < 1.29 is 13.2 Å². The molecule has 2 saturated heterocycles. The molecule has 49 heavy (non-hydrogen) atoms. The average Bonchev–Trinajstić information content (AvgIpc) is 3.11. The SMILES string of the molecule is CCc1cnc(Nc2cc(CC)c(N3CCC(N4CCN(C)CC4)CC3)nc2OC)nc1Nc1ccc2nccnc2c1N(C)S(C)(=O)=O. The molecule has 4 aromatic rings. The minimum atomic E-state index is -3.61. The largest absolute Gasteiger partial charge is 0.479 e. The second-order valence-corrected chi connectivity index (χ2v) is 14.7. The Kier molecular flexibility index (Phi) is 10.3. The van der Waals surface area contributed by atoms with Crippen molar-refractivity contribution in [1.29, 1.82) is 0 Å². The number of rotatable bonds is 11. The maximum atomic E-state index is 12.7. The highest BCUT2D eigenvalue weighted by Crippen LogP contribution is 2.37. The van der Waals surface area contributed by atoms with E-state index < -0.39 is 10.0 Å². The lowest BCUT2D eigenvalue weighted by Gasteiger charge is -2.42. The van der Waals surface area contributed by atoms with Crippen molar-refractivity contribution in [2.24, 2.45) is 0 Å². The van der Waals surface area contributed by atoms with Crippen LogP contribution in [0, 0.1) is 0 Å². The van der Waals surface area contributed by atoms with Crippen LogP contribution in [0.1, 0.15) is 37.8 Å². The van der Waals surface area contributed by atoms with E-state index in [2.05, 4.69) is 60.3 Å². The molecule has 2 aliphatic heterocycles. The molecule has 0 spiro atoms. The number of likely N-dealkylation sites (N-methyl/N-ethyl adjacent to an activating group) is 1. The van der Waals surface area contributed by atoms with Gasteiger partial charge in [-0.1, -0.05) is 13.8 Å². The van der Waals surface area contributed by atoms with Gasteiger partial charge in [0.05, 0.1) is 24.6 Å². The second-order valence-electron chi connectivity index (χ2n) is 12.7. The summed E-state index contributed by atoms with van der Waals surface area (Å²) < 4.78 is 32.4. The smallest absolute Gasteiger partial charge is 0.239 e. The van der Waals surface area contributed by atoms with Crippen LogP contribution in [0.15, 0.2) is 36.8 Å². The summed E-state index contributed by atoms with van der Waals surface area (Å²) in [6.45, 7) is 10.6. The van der Waals surface area contributed by atoms with Crippen molar-refractivity contribution in [1.82, 2.24) is 34.7 Å². The molecular formula is C34H47N11O3S. The summed E-state index contributed by atoms with van der Waals surface area (Å²) in [5, 5.41) is 6.71. The van der Waals surface area contributed by atoms with E-state index in [1.807, 2.05) is 6.92 Å². The van der Waals surface area contributed by atoms with Crippen LogP contribution in [0.25, 0.3) is 11.0 Å². The van der Waals surface area contributed by atoms with Gasteiger partial charge in [-0.25, -0.2) is 13.4 Å². The highest BCUT2D eigenvalue weighted by Gasteiger charge is 2.29. The molecule has 14 nitrogen and oxygen atoms in total. The number of hydrogen-bond acceptors (Lipinski definition) is 13. The molecule has 6 rings (SSSR count). The van der Waals surface area contributed by atoms with Gasteiger partial charge in [0.15, 0.2) is 0 Å². The van der Waals surface area contributed by atoms with Crippen molar-refractivity contribution in [2.75, 3.05) is 86.6 Å². The Morgan fingerprint density at radius 3 is 2.31 bits per heavy atom. The highest BCUT2D eigenvalue weighted by atomic mass is 32.2. The van der Waals surface area contributed by atoms with E-state index in [-0.39, 0.29) is 0 Å². The summed E-state index contributed by atoms with van der Waals surface area (Å²) in [4.78, 5) is 30.7. The van der Waals surface area contributed by atoms with E-state index in [0.29, 0.717) is 58.2 Å². The number of piperazine rings is 1. The number of hydrogen-bond donors (Lipinski definition) is 2. The van der Waals surface area contributed by atoms with Gasteiger partial charge in [-0.15, -0.1) is 0 Å². The van der Waals surface area contributed by atoms with E-state index in [1.54, 1.807) is 37.8 Å². The number of nitrogens with zero attached hydrogens (tertiary/aromatic N) is 9. The molecule has 0 saturated carbocycles. The van der Waals surface area contributed by atoms with Gasteiger partial charge in [0, 0.05) is 76.5 Å². The van der Waals surface area contributed by atoms with E-state index in [0.717, 1.165) is 81.7 Å². The maximum absolute atomic E-state index is 12.7. The van der Waals surface area contributed by atoms with Crippen LogP contribution in [-0.4, -0.2) is 116 Å². The third kappa shape index (κ3) is 7.48. The second kappa shape index (κ2) is 14.6. The summed E-state index contributed by atoms with van der Waals surface area (Å²) >= 11 is 0. The zero-order chi connectivity index (χ0) is 34.7. The first-order valence-electron chi connectivity index (χ1n) is 16.9. The summed E-state index contributed by atoms with van der Waals surface area (Å²) in [6.07, 6.45) is 9.74. The number of sulfonamides is 1. The van der Waals surface area contributed by atoms with Crippen LogP contribution in [0.4, 0.5) is 34.6 Å².